The number of nitrogens with zero attached hydrogens (tertiary/aromatic N) is 1. The Labute approximate surface area is 137 Å². The number of carbonyl (C=O) groups is 1. The molecule has 0 radical (unpaired) electrons. The zero-order chi connectivity index (χ0) is 17.1. The summed E-state index contributed by atoms with van der Waals surface area (Å²) < 4.78 is 5.30. The van der Waals surface area contributed by atoms with Gasteiger partial charge in [0.1, 0.15) is 0 Å². The molecule has 2 rings (SSSR count). The second kappa shape index (κ2) is 6.99. The van der Waals surface area contributed by atoms with Crippen LogP contribution >= 0.6 is 0 Å². The van der Waals surface area contributed by atoms with Crippen LogP contribution in [0.3, 0.4) is 0 Å². The minimum Gasteiger partial charge on any atom is -0.417 e. The maximum Gasteiger partial charge on any atom is 0.344 e. The van der Waals surface area contributed by atoms with E-state index in [0.717, 1.165) is 10.9 Å². The van der Waals surface area contributed by atoms with Gasteiger partial charge in [-0.15, -0.1) is 0 Å². The number of carbonyl (C=O) groups excluding carboxylic acids is 1. The quantitative estimate of drug-likeness (QED) is 0.842. The van der Waals surface area contributed by atoms with Crippen molar-refractivity contribution in [2.45, 2.75) is 34.6 Å². The Morgan fingerprint density at radius 3 is 2.26 bits per heavy atom. The Balaban J connectivity index is 2.42. The van der Waals surface area contributed by atoms with Crippen LogP contribution in [0.15, 0.2) is 33.5 Å². The van der Waals surface area contributed by atoms with Crippen molar-refractivity contribution in [1.82, 2.24) is 4.90 Å². The highest BCUT2D eigenvalue weighted by atomic mass is 16.4. The fourth-order valence-electron chi connectivity index (χ4n) is 2.68. The molecular formula is C19H25NO3. The molecule has 0 saturated heterocycles. The molecule has 1 aromatic carbocycles. The lowest BCUT2D eigenvalue weighted by Gasteiger charge is -2.25. The summed E-state index contributed by atoms with van der Waals surface area (Å²) in [5, 5.41) is 1.25. The van der Waals surface area contributed by atoms with Gasteiger partial charge in [-0.2, -0.15) is 0 Å². The predicted molar refractivity (Wildman–Crippen MR) is 92.8 cm³/mol. The second-order valence-corrected chi connectivity index (χ2v) is 6.99. The molecule has 1 aromatic heterocycles. The van der Waals surface area contributed by atoms with Crippen LogP contribution < -0.4 is 5.63 Å². The topological polar surface area (TPSA) is 50.5 Å². The van der Waals surface area contributed by atoms with E-state index in [2.05, 4.69) is 27.7 Å². The summed E-state index contributed by atoms with van der Waals surface area (Å²) in [6.45, 7) is 11.5. The van der Waals surface area contributed by atoms with Crippen LogP contribution in [0.5, 0.6) is 0 Å². The van der Waals surface area contributed by atoms with Crippen LogP contribution in [0, 0.1) is 18.8 Å². The largest absolute Gasteiger partial charge is 0.417 e. The number of rotatable bonds is 5. The minimum atomic E-state index is -0.455. The lowest BCUT2D eigenvalue weighted by Crippen LogP contribution is -2.37. The first-order valence-electron chi connectivity index (χ1n) is 8.11. The van der Waals surface area contributed by atoms with E-state index in [1.165, 1.54) is 0 Å². The highest BCUT2D eigenvalue weighted by Crippen LogP contribution is 2.16. The Kier molecular flexibility index (Phi) is 5.24. The SMILES string of the molecule is Cc1ccc2cc(C(=O)N(CC(C)C)CC(C)C)oc(=O)c2c1. The highest BCUT2D eigenvalue weighted by molar-refractivity contribution is 5.95. The minimum absolute atomic E-state index is 0.118. The van der Waals surface area contributed by atoms with Gasteiger partial charge >= 0.3 is 5.63 Å². The van der Waals surface area contributed by atoms with Crippen molar-refractivity contribution in [2.24, 2.45) is 11.8 Å². The lowest BCUT2D eigenvalue weighted by atomic mass is 10.1. The average molecular weight is 315 g/mol. The van der Waals surface area contributed by atoms with Gasteiger partial charge in [-0.3, -0.25) is 4.79 Å². The van der Waals surface area contributed by atoms with E-state index in [1.54, 1.807) is 17.0 Å². The van der Waals surface area contributed by atoms with Gasteiger partial charge in [-0.25, -0.2) is 4.79 Å². The molecule has 0 N–H and O–H groups in total. The standard InChI is InChI=1S/C19H25NO3/c1-12(2)10-20(11-13(3)4)18(21)17-9-15-7-6-14(5)8-16(15)19(22)23-17/h6-9,12-13H,10-11H2,1-5H3. The van der Waals surface area contributed by atoms with Crippen molar-refractivity contribution in [3.05, 3.63) is 46.0 Å². The Hall–Kier alpha value is -2.10. The number of benzene rings is 1. The van der Waals surface area contributed by atoms with Crippen molar-refractivity contribution in [3.8, 4) is 0 Å². The van der Waals surface area contributed by atoms with Gasteiger partial charge in [0.15, 0.2) is 5.76 Å². The number of hydrogen-bond acceptors (Lipinski definition) is 3. The summed E-state index contributed by atoms with van der Waals surface area (Å²) in [4.78, 5) is 26.7. The third kappa shape index (κ3) is 4.21. The van der Waals surface area contributed by atoms with Crippen LogP contribution in [0.1, 0.15) is 43.8 Å². The molecule has 0 aliphatic heterocycles. The molecule has 0 bridgehead atoms. The molecule has 1 amide bonds. The Bertz CT molecular complexity index is 749. The van der Waals surface area contributed by atoms with Gasteiger partial charge in [0, 0.05) is 13.1 Å². The van der Waals surface area contributed by atoms with Crippen LogP contribution in [0.25, 0.3) is 10.8 Å². The molecule has 0 spiro atoms. The highest BCUT2D eigenvalue weighted by Gasteiger charge is 2.21. The van der Waals surface area contributed by atoms with Gasteiger partial charge in [0.2, 0.25) is 0 Å². The van der Waals surface area contributed by atoms with Gasteiger partial charge in [0.25, 0.3) is 5.91 Å². The van der Waals surface area contributed by atoms with Gasteiger partial charge in [0.05, 0.1) is 5.39 Å². The van der Waals surface area contributed by atoms with E-state index in [9.17, 15) is 9.59 Å². The molecule has 0 atom stereocenters. The van der Waals surface area contributed by atoms with E-state index in [4.69, 9.17) is 4.42 Å². The molecule has 0 fully saturated rings. The van der Waals surface area contributed by atoms with Crippen LogP contribution in [0.2, 0.25) is 0 Å². The molecule has 0 unspecified atom stereocenters. The van der Waals surface area contributed by atoms with Crippen LogP contribution in [0.4, 0.5) is 0 Å². The van der Waals surface area contributed by atoms with Crippen LogP contribution in [-0.4, -0.2) is 23.9 Å². The molecule has 0 saturated carbocycles. The summed E-state index contributed by atoms with van der Waals surface area (Å²) in [5.74, 6) is 0.611. The van der Waals surface area contributed by atoms with Gasteiger partial charge < -0.3 is 9.32 Å². The molecule has 4 heteroatoms. The van der Waals surface area contributed by atoms with E-state index in [0.29, 0.717) is 30.3 Å². The Morgan fingerprint density at radius 2 is 1.70 bits per heavy atom. The van der Waals surface area contributed by atoms with Crippen molar-refractivity contribution >= 4 is 16.7 Å². The average Bonchev–Trinajstić information content (AvgIpc) is 2.45. The molecule has 23 heavy (non-hydrogen) atoms. The van der Waals surface area contributed by atoms with Crippen molar-refractivity contribution in [2.75, 3.05) is 13.1 Å². The smallest absolute Gasteiger partial charge is 0.344 e. The van der Waals surface area contributed by atoms with E-state index < -0.39 is 5.63 Å². The summed E-state index contributed by atoms with van der Waals surface area (Å²) in [6, 6.07) is 7.24. The zero-order valence-electron chi connectivity index (χ0n) is 14.6. The Morgan fingerprint density at radius 1 is 1.09 bits per heavy atom. The monoisotopic (exact) mass is 315 g/mol. The van der Waals surface area contributed by atoms with Crippen molar-refractivity contribution < 1.29 is 9.21 Å². The molecule has 2 aromatic rings. The van der Waals surface area contributed by atoms with Gasteiger partial charge in [-0.05, 0) is 36.3 Å². The molecular weight excluding hydrogens is 290 g/mol. The van der Waals surface area contributed by atoms with Gasteiger partial charge in [-0.1, -0.05) is 45.4 Å². The first-order chi connectivity index (χ1) is 10.8. The fraction of sp³-hybridized carbons (Fsp3) is 0.474. The third-order valence-corrected chi connectivity index (χ3v) is 3.59. The maximum absolute atomic E-state index is 12.8. The molecule has 0 aliphatic carbocycles. The van der Waals surface area contributed by atoms with Crippen LogP contribution in [-0.2, 0) is 0 Å². The number of aryl methyl sites for hydroxylation is 1. The first kappa shape index (κ1) is 17.3. The van der Waals surface area contributed by atoms with E-state index >= 15 is 0 Å². The number of amides is 1. The maximum atomic E-state index is 12.8. The van der Waals surface area contributed by atoms with Crippen molar-refractivity contribution in [1.29, 1.82) is 0 Å². The normalized spacial score (nSPS) is 11.4. The molecule has 4 nitrogen and oxygen atoms in total. The summed E-state index contributed by atoms with van der Waals surface area (Å²) in [6.07, 6.45) is 0. The zero-order valence-corrected chi connectivity index (χ0v) is 14.6. The first-order valence-corrected chi connectivity index (χ1v) is 8.11. The molecule has 124 valence electrons. The number of fused-ring (bicyclic) bond motifs is 1. The lowest BCUT2D eigenvalue weighted by molar-refractivity contribution is 0.0678. The molecule has 0 aliphatic rings. The number of hydrogen-bond donors (Lipinski definition) is 0. The summed E-state index contributed by atoms with van der Waals surface area (Å²) in [7, 11) is 0. The van der Waals surface area contributed by atoms with E-state index in [1.807, 2.05) is 19.1 Å². The fourth-order valence-corrected chi connectivity index (χ4v) is 2.68. The van der Waals surface area contributed by atoms with Crippen molar-refractivity contribution in [3.63, 3.8) is 0 Å². The third-order valence-electron chi connectivity index (χ3n) is 3.59. The predicted octanol–water partition coefficient (Wildman–Crippen LogP) is 3.86. The van der Waals surface area contributed by atoms with E-state index in [-0.39, 0.29) is 11.7 Å². The summed E-state index contributed by atoms with van der Waals surface area (Å²) in [5.41, 5.74) is 0.536. The summed E-state index contributed by atoms with van der Waals surface area (Å²) >= 11 is 0. The second-order valence-electron chi connectivity index (χ2n) is 6.99. The molecule has 1 heterocycles.